The van der Waals surface area contributed by atoms with Crippen LogP contribution in [0.25, 0.3) is 0 Å². The van der Waals surface area contributed by atoms with Gasteiger partial charge >= 0.3 is 7.12 Å². The summed E-state index contributed by atoms with van der Waals surface area (Å²) in [7, 11) is -4.56. The summed E-state index contributed by atoms with van der Waals surface area (Å²) in [5, 5.41) is 16.8. The SMILES string of the molecule is CCCS(=O)(=O)CCB(O)O. The lowest BCUT2D eigenvalue weighted by Gasteiger charge is -2.00. The van der Waals surface area contributed by atoms with Crippen LogP contribution in [0.4, 0.5) is 0 Å². The Bertz CT molecular complexity index is 187. The monoisotopic (exact) mass is 180 g/mol. The Hall–Kier alpha value is -0.0651. The molecule has 0 amide bonds. The molecule has 11 heavy (non-hydrogen) atoms. The van der Waals surface area contributed by atoms with Gasteiger partial charge in [0.15, 0.2) is 0 Å². The molecule has 0 bridgehead atoms. The molecular weight excluding hydrogens is 167 g/mol. The summed E-state index contributed by atoms with van der Waals surface area (Å²) >= 11 is 0. The standard InChI is InChI=1S/C5H13BO4S/c1-2-4-11(9,10)5-3-6(7)8/h7-8H,2-5H2,1H3. The molecule has 6 heteroatoms. The van der Waals surface area contributed by atoms with Crippen molar-refractivity contribution in [2.75, 3.05) is 11.5 Å². The first-order valence-electron chi connectivity index (χ1n) is 3.54. The van der Waals surface area contributed by atoms with Gasteiger partial charge in [0.05, 0.1) is 0 Å². The summed E-state index contributed by atoms with van der Waals surface area (Å²) in [5.74, 6) is -0.0156. The van der Waals surface area contributed by atoms with Gasteiger partial charge in [0.2, 0.25) is 0 Å². The van der Waals surface area contributed by atoms with E-state index in [1.807, 2.05) is 0 Å². The molecular formula is C5H13BO4S. The Morgan fingerprint density at radius 3 is 2.18 bits per heavy atom. The number of hydrogen-bond acceptors (Lipinski definition) is 4. The molecule has 0 unspecified atom stereocenters. The van der Waals surface area contributed by atoms with Crippen LogP contribution in [0.2, 0.25) is 6.32 Å². The van der Waals surface area contributed by atoms with Gasteiger partial charge in [0.25, 0.3) is 0 Å². The Morgan fingerprint density at radius 2 is 1.82 bits per heavy atom. The van der Waals surface area contributed by atoms with Gasteiger partial charge in [-0.15, -0.1) is 0 Å². The predicted molar refractivity (Wildman–Crippen MR) is 43.9 cm³/mol. The largest absolute Gasteiger partial charge is 0.452 e. The van der Waals surface area contributed by atoms with Crippen LogP contribution >= 0.6 is 0 Å². The van der Waals surface area contributed by atoms with Crippen LogP contribution in [-0.4, -0.2) is 37.1 Å². The lowest BCUT2D eigenvalue weighted by atomic mass is 9.88. The lowest BCUT2D eigenvalue weighted by molar-refractivity contribution is 0.408. The third-order valence-electron chi connectivity index (χ3n) is 1.20. The van der Waals surface area contributed by atoms with Crippen LogP contribution in [0.5, 0.6) is 0 Å². The van der Waals surface area contributed by atoms with Gasteiger partial charge in [-0.05, 0) is 12.7 Å². The van der Waals surface area contributed by atoms with E-state index in [2.05, 4.69) is 0 Å². The second-order valence-electron chi connectivity index (χ2n) is 2.42. The Labute approximate surface area is 67.3 Å². The maximum atomic E-state index is 10.9. The van der Waals surface area contributed by atoms with Gasteiger partial charge in [-0.3, -0.25) is 0 Å². The molecule has 2 N–H and O–H groups in total. The van der Waals surface area contributed by atoms with E-state index in [1.54, 1.807) is 6.92 Å². The van der Waals surface area contributed by atoms with E-state index in [0.29, 0.717) is 6.42 Å². The maximum Gasteiger partial charge on any atom is 0.452 e. The molecule has 0 rings (SSSR count). The Balaban J connectivity index is 3.74. The Morgan fingerprint density at radius 1 is 1.27 bits per heavy atom. The van der Waals surface area contributed by atoms with Crippen LogP contribution in [0, 0.1) is 0 Å². The van der Waals surface area contributed by atoms with Gasteiger partial charge in [-0.2, -0.15) is 0 Å². The average Bonchev–Trinajstić information content (AvgIpc) is 1.84. The molecule has 0 saturated carbocycles. The number of sulfone groups is 1. The van der Waals surface area contributed by atoms with E-state index in [9.17, 15) is 8.42 Å². The molecule has 0 aliphatic rings. The molecule has 0 atom stereocenters. The summed E-state index contributed by atoms with van der Waals surface area (Å²) in [6.07, 6.45) is 0.478. The minimum atomic E-state index is -3.05. The predicted octanol–water partition coefficient (Wildman–Crippen LogP) is -0.716. The van der Waals surface area contributed by atoms with E-state index in [-0.39, 0.29) is 17.8 Å². The van der Waals surface area contributed by atoms with Crippen LogP contribution in [-0.2, 0) is 9.84 Å². The minimum absolute atomic E-state index is 0.0949. The van der Waals surface area contributed by atoms with Gasteiger partial charge in [-0.1, -0.05) is 6.92 Å². The van der Waals surface area contributed by atoms with Gasteiger partial charge in [0.1, 0.15) is 9.84 Å². The second kappa shape index (κ2) is 4.74. The highest BCUT2D eigenvalue weighted by atomic mass is 32.2. The van der Waals surface area contributed by atoms with Gasteiger partial charge in [0, 0.05) is 11.5 Å². The lowest BCUT2D eigenvalue weighted by Crippen LogP contribution is -2.18. The summed E-state index contributed by atoms with van der Waals surface area (Å²) in [6.45, 7) is 1.77. The first-order valence-corrected chi connectivity index (χ1v) is 5.36. The van der Waals surface area contributed by atoms with Crippen LogP contribution in [0.3, 0.4) is 0 Å². The van der Waals surface area contributed by atoms with Crippen molar-refractivity contribution in [2.45, 2.75) is 19.7 Å². The highest BCUT2D eigenvalue weighted by molar-refractivity contribution is 7.91. The normalized spacial score (nSPS) is 11.5. The first kappa shape index (κ1) is 10.9. The van der Waals surface area contributed by atoms with Crippen molar-refractivity contribution < 1.29 is 18.5 Å². The molecule has 0 aliphatic carbocycles. The zero-order valence-corrected chi connectivity index (χ0v) is 7.34. The minimum Gasteiger partial charge on any atom is -0.427 e. The van der Waals surface area contributed by atoms with Crippen LogP contribution < -0.4 is 0 Å². The van der Waals surface area contributed by atoms with Crippen LogP contribution in [0.1, 0.15) is 13.3 Å². The van der Waals surface area contributed by atoms with Crippen molar-refractivity contribution in [3.8, 4) is 0 Å². The van der Waals surface area contributed by atoms with Gasteiger partial charge in [-0.25, -0.2) is 8.42 Å². The van der Waals surface area contributed by atoms with Gasteiger partial charge < -0.3 is 10.0 Å². The van der Waals surface area contributed by atoms with E-state index in [4.69, 9.17) is 10.0 Å². The molecule has 0 aromatic carbocycles. The van der Waals surface area contributed by atoms with Crippen molar-refractivity contribution in [3.63, 3.8) is 0 Å². The maximum absolute atomic E-state index is 10.9. The van der Waals surface area contributed by atoms with E-state index < -0.39 is 17.0 Å². The number of rotatable bonds is 5. The zero-order valence-electron chi connectivity index (χ0n) is 6.52. The van der Waals surface area contributed by atoms with Crippen molar-refractivity contribution in [3.05, 3.63) is 0 Å². The molecule has 0 aliphatic heterocycles. The molecule has 0 radical (unpaired) electrons. The fourth-order valence-corrected chi connectivity index (χ4v) is 2.09. The van der Waals surface area contributed by atoms with E-state index in [0.717, 1.165) is 0 Å². The molecule has 0 aromatic rings. The summed E-state index contributed by atoms with van der Waals surface area (Å²) in [6, 6.07) is 0. The second-order valence-corrected chi connectivity index (χ2v) is 4.72. The van der Waals surface area contributed by atoms with E-state index in [1.165, 1.54) is 0 Å². The molecule has 0 heterocycles. The third kappa shape index (κ3) is 6.34. The first-order chi connectivity index (χ1) is 4.98. The number of hydrogen-bond donors (Lipinski definition) is 2. The van der Waals surface area contributed by atoms with Crippen molar-refractivity contribution in [2.24, 2.45) is 0 Å². The molecule has 0 saturated heterocycles. The highest BCUT2D eigenvalue weighted by Gasteiger charge is 2.14. The van der Waals surface area contributed by atoms with Crippen molar-refractivity contribution in [1.82, 2.24) is 0 Å². The fourth-order valence-electron chi connectivity index (χ4n) is 0.698. The molecule has 0 fully saturated rings. The zero-order chi connectivity index (χ0) is 8.91. The van der Waals surface area contributed by atoms with E-state index >= 15 is 0 Å². The quantitative estimate of drug-likeness (QED) is 0.547. The average molecular weight is 180 g/mol. The molecule has 4 nitrogen and oxygen atoms in total. The summed E-state index contributed by atoms with van der Waals surface area (Å²) in [5.41, 5.74) is 0. The topological polar surface area (TPSA) is 74.6 Å². The third-order valence-corrected chi connectivity index (χ3v) is 3.09. The van der Waals surface area contributed by atoms with Crippen molar-refractivity contribution >= 4 is 17.0 Å². The molecule has 0 aromatic heterocycles. The van der Waals surface area contributed by atoms with Crippen LogP contribution in [0.15, 0.2) is 0 Å². The summed E-state index contributed by atoms with van der Waals surface area (Å²) < 4.78 is 21.8. The highest BCUT2D eigenvalue weighted by Crippen LogP contribution is 1.97. The molecule has 66 valence electrons. The summed E-state index contributed by atoms with van der Waals surface area (Å²) in [4.78, 5) is 0. The van der Waals surface area contributed by atoms with Crippen molar-refractivity contribution in [1.29, 1.82) is 0 Å². The molecule has 0 spiro atoms. The fraction of sp³-hybridized carbons (Fsp3) is 1.00. The smallest absolute Gasteiger partial charge is 0.427 e. The Kier molecular flexibility index (Phi) is 4.71.